The largest absolute Gasteiger partial charge is 0.354 e. The van der Waals surface area contributed by atoms with Gasteiger partial charge in [-0.2, -0.15) is 0 Å². The fourth-order valence-electron chi connectivity index (χ4n) is 4.89. The molecule has 0 aromatic heterocycles. The molecule has 8 heteroatoms. The van der Waals surface area contributed by atoms with Crippen LogP contribution in [0.4, 0.5) is 5.69 Å². The smallest absolute Gasteiger partial charge is 0.244 e. The van der Waals surface area contributed by atoms with E-state index in [1.807, 2.05) is 106 Å². The molecule has 0 saturated carbocycles. The first-order valence-electron chi connectivity index (χ1n) is 14.1. The van der Waals surface area contributed by atoms with Crippen LogP contribution in [-0.2, 0) is 32.6 Å². The van der Waals surface area contributed by atoms with E-state index in [4.69, 9.17) is 0 Å². The van der Waals surface area contributed by atoms with E-state index in [2.05, 4.69) is 5.32 Å². The number of anilines is 1. The monoisotopic (exact) mass is 585 g/mol. The summed E-state index contributed by atoms with van der Waals surface area (Å²) in [7, 11) is -3.86. The standard InChI is InChI=1S/C34H39N3O4S/c1-25(2)22-35-34(39)32(21-27-11-6-5-7-12-27)36(23-28-19-17-26(3)18-20-28)33(38)24-37(42(4,40)41)31-16-10-14-29-13-8-9-15-30(29)31/h5-20,25,32H,21-24H2,1-4H3,(H,35,39)/t32-/m1/s1. The molecule has 0 aliphatic heterocycles. The average Bonchev–Trinajstić information content (AvgIpc) is 2.97. The zero-order valence-electron chi connectivity index (χ0n) is 24.7. The molecule has 0 saturated heterocycles. The molecule has 0 heterocycles. The fourth-order valence-corrected chi connectivity index (χ4v) is 5.75. The maximum absolute atomic E-state index is 14.3. The molecule has 0 aliphatic carbocycles. The maximum Gasteiger partial charge on any atom is 0.244 e. The van der Waals surface area contributed by atoms with E-state index in [9.17, 15) is 18.0 Å². The Kier molecular flexibility index (Phi) is 10.0. The van der Waals surface area contributed by atoms with Gasteiger partial charge in [0.15, 0.2) is 0 Å². The number of amides is 2. The Morgan fingerprint density at radius 3 is 2.12 bits per heavy atom. The predicted octanol–water partition coefficient (Wildman–Crippen LogP) is 5.33. The topological polar surface area (TPSA) is 86.8 Å². The molecule has 4 rings (SSSR count). The summed E-state index contributed by atoms with van der Waals surface area (Å²) in [4.78, 5) is 29.6. The molecule has 0 spiro atoms. The number of aryl methyl sites for hydroxylation is 1. The molecule has 42 heavy (non-hydrogen) atoms. The van der Waals surface area contributed by atoms with Gasteiger partial charge in [-0.25, -0.2) is 8.42 Å². The van der Waals surface area contributed by atoms with E-state index >= 15 is 0 Å². The summed E-state index contributed by atoms with van der Waals surface area (Å²) in [5.74, 6) is -0.515. The number of sulfonamides is 1. The third kappa shape index (κ3) is 7.97. The van der Waals surface area contributed by atoms with Gasteiger partial charge in [0.1, 0.15) is 12.6 Å². The van der Waals surface area contributed by atoms with E-state index in [0.29, 0.717) is 12.2 Å². The van der Waals surface area contributed by atoms with Crippen molar-refractivity contribution in [3.63, 3.8) is 0 Å². The van der Waals surface area contributed by atoms with E-state index < -0.39 is 28.5 Å². The molecule has 4 aromatic carbocycles. The number of nitrogens with one attached hydrogen (secondary N) is 1. The van der Waals surface area contributed by atoms with Gasteiger partial charge in [0.2, 0.25) is 21.8 Å². The summed E-state index contributed by atoms with van der Waals surface area (Å²) in [6.45, 7) is 6.17. The summed E-state index contributed by atoms with van der Waals surface area (Å²) in [5, 5.41) is 4.59. The third-order valence-corrected chi connectivity index (χ3v) is 8.27. The van der Waals surface area contributed by atoms with Crippen LogP contribution in [0.2, 0.25) is 0 Å². The third-order valence-electron chi connectivity index (χ3n) is 7.14. The average molecular weight is 586 g/mol. The Morgan fingerprint density at radius 2 is 1.45 bits per heavy atom. The molecule has 220 valence electrons. The van der Waals surface area contributed by atoms with Crippen LogP contribution < -0.4 is 9.62 Å². The van der Waals surface area contributed by atoms with Crippen molar-refractivity contribution in [2.24, 2.45) is 5.92 Å². The Balaban J connectivity index is 1.77. The lowest BCUT2D eigenvalue weighted by atomic mass is 10.0. The lowest BCUT2D eigenvalue weighted by molar-refractivity contribution is -0.140. The quantitative estimate of drug-likeness (QED) is 0.244. The van der Waals surface area contributed by atoms with E-state index in [1.165, 1.54) is 4.90 Å². The Hall–Kier alpha value is -4.17. The van der Waals surface area contributed by atoms with Crippen LogP contribution in [0.25, 0.3) is 10.8 Å². The van der Waals surface area contributed by atoms with Crippen LogP contribution in [0.1, 0.15) is 30.5 Å². The van der Waals surface area contributed by atoms with E-state index in [1.54, 1.807) is 12.1 Å². The number of carbonyl (C=O) groups excluding carboxylic acids is 2. The van der Waals surface area contributed by atoms with Crippen LogP contribution in [0.5, 0.6) is 0 Å². The normalized spacial score (nSPS) is 12.2. The number of hydrogen-bond acceptors (Lipinski definition) is 4. The van der Waals surface area contributed by atoms with Crippen LogP contribution in [0.15, 0.2) is 97.1 Å². The summed E-state index contributed by atoms with van der Waals surface area (Å²) in [5.41, 5.74) is 3.24. The van der Waals surface area contributed by atoms with Gasteiger partial charge in [0.25, 0.3) is 0 Å². The Bertz CT molecular complexity index is 1610. The van der Waals surface area contributed by atoms with Crippen molar-refractivity contribution in [1.29, 1.82) is 0 Å². The summed E-state index contributed by atoms with van der Waals surface area (Å²) in [6.07, 6.45) is 1.39. The van der Waals surface area contributed by atoms with Crippen molar-refractivity contribution in [3.8, 4) is 0 Å². The number of rotatable bonds is 12. The zero-order chi connectivity index (χ0) is 30.3. The highest BCUT2D eigenvalue weighted by atomic mass is 32.2. The van der Waals surface area contributed by atoms with Crippen LogP contribution in [-0.4, -0.2) is 50.5 Å². The molecule has 4 aromatic rings. The number of fused-ring (bicyclic) bond motifs is 1. The molecule has 1 atom stereocenters. The van der Waals surface area contributed by atoms with Crippen molar-refractivity contribution in [1.82, 2.24) is 10.2 Å². The highest BCUT2D eigenvalue weighted by Crippen LogP contribution is 2.29. The first kappa shape index (κ1) is 30.8. The SMILES string of the molecule is Cc1ccc(CN(C(=O)CN(c2cccc3ccccc23)S(C)(=O)=O)[C@H](Cc2ccccc2)C(=O)NCC(C)C)cc1. The molecule has 7 nitrogen and oxygen atoms in total. The molecular weight excluding hydrogens is 546 g/mol. The van der Waals surface area contributed by atoms with Gasteiger partial charge in [0, 0.05) is 24.9 Å². The first-order valence-corrected chi connectivity index (χ1v) is 16.0. The number of carbonyl (C=O) groups is 2. The fraction of sp³-hybridized carbons (Fsp3) is 0.294. The lowest BCUT2D eigenvalue weighted by Gasteiger charge is -2.34. The molecule has 0 radical (unpaired) electrons. The van der Waals surface area contributed by atoms with Gasteiger partial charge in [-0.1, -0.05) is 110 Å². The summed E-state index contributed by atoms with van der Waals surface area (Å²) < 4.78 is 27.5. The van der Waals surface area contributed by atoms with Crippen molar-refractivity contribution in [3.05, 3.63) is 114 Å². The first-order chi connectivity index (χ1) is 20.0. The van der Waals surface area contributed by atoms with Gasteiger partial charge in [-0.3, -0.25) is 13.9 Å². The lowest BCUT2D eigenvalue weighted by Crippen LogP contribution is -2.53. The highest BCUT2D eigenvalue weighted by Gasteiger charge is 2.33. The molecule has 0 aliphatic rings. The molecular formula is C34H39N3O4S. The van der Waals surface area contributed by atoms with Crippen LogP contribution in [0.3, 0.4) is 0 Å². The molecule has 0 bridgehead atoms. The van der Waals surface area contributed by atoms with Crippen molar-refractivity contribution < 1.29 is 18.0 Å². The second-order valence-electron chi connectivity index (χ2n) is 11.1. The summed E-state index contributed by atoms with van der Waals surface area (Å²) >= 11 is 0. The minimum absolute atomic E-state index is 0.152. The van der Waals surface area contributed by atoms with Gasteiger partial charge in [0.05, 0.1) is 11.9 Å². The Labute approximate surface area is 249 Å². The molecule has 0 unspecified atom stereocenters. The van der Waals surface area contributed by atoms with Crippen LogP contribution >= 0.6 is 0 Å². The van der Waals surface area contributed by atoms with Crippen molar-refractivity contribution in [2.75, 3.05) is 23.7 Å². The predicted molar refractivity (Wildman–Crippen MR) is 170 cm³/mol. The number of nitrogens with zero attached hydrogens (tertiary/aromatic N) is 2. The minimum atomic E-state index is -3.86. The molecule has 2 amide bonds. The van der Waals surface area contributed by atoms with Gasteiger partial charge < -0.3 is 10.2 Å². The van der Waals surface area contributed by atoms with Gasteiger partial charge in [-0.15, -0.1) is 0 Å². The van der Waals surface area contributed by atoms with Gasteiger partial charge >= 0.3 is 0 Å². The molecule has 0 fully saturated rings. The number of benzene rings is 4. The summed E-state index contributed by atoms with van der Waals surface area (Å²) in [6, 6.07) is 29.3. The van der Waals surface area contributed by atoms with Crippen molar-refractivity contribution in [2.45, 2.75) is 39.8 Å². The maximum atomic E-state index is 14.3. The highest BCUT2D eigenvalue weighted by molar-refractivity contribution is 7.92. The zero-order valence-corrected chi connectivity index (χ0v) is 25.5. The minimum Gasteiger partial charge on any atom is -0.354 e. The van der Waals surface area contributed by atoms with Gasteiger partial charge in [-0.05, 0) is 35.4 Å². The van der Waals surface area contributed by atoms with Crippen molar-refractivity contribution >= 4 is 38.3 Å². The van der Waals surface area contributed by atoms with Crippen LogP contribution in [0, 0.1) is 12.8 Å². The second kappa shape index (κ2) is 13.7. The molecule has 1 N–H and O–H groups in total. The Morgan fingerprint density at radius 1 is 0.810 bits per heavy atom. The van der Waals surface area contributed by atoms with E-state index in [-0.39, 0.29) is 24.8 Å². The second-order valence-corrected chi connectivity index (χ2v) is 13.0. The van der Waals surface area contributed by atoms with E-state index in [0.717, 1.165) is 38.0 Å². The number of hydrogen-bond donors (Lipinski definition) is 1.